The summed E-state index contributed by atoms with van der Waals surface area (Å²) in [6, 6.07) is 6.81. The molecule has 0 spiro atoms. The highest BCUT2D eigenvalue weighted by atomic mass is 16.5. The minimum absolute atomic E-state index is 0.107. The molecule has 0 unspecified atom stereocenters. The van der Waals surface area contributed by atoms with E-state index >= 15 is 0 Å². The van der Waals surface area contributed by atoms with Crippen LogP contribution < -0.4 is 11.0 Å². The van der Waals surface area contributed by atoms with Crippen molar-refractivity contribution in [3.05, 3.63) is 62.8 Å². The molecule has 2 heterocycles. The number of aryl methyl sites for hydroxylation is 2. The highest BCUT2D eigenvalue weighted by Crippen LogP contribution is 2.18. The molecule has 0 radical (unpaired) electrons. The lowest BCUT2D eigenvalue weighted by Gasteiger charge is -2.08. The third-order valence-electron chi connectivity index (χ3n) is 4.70. The fourth-order valence-electron chi connectivity index (χ4n) is 3.24. The summed E-state index contributed by atoms with van der Waals surface area (Å²) in [6.45, 7) is 7.67. The number of rotatable bonds is 6. The number of esters is 1. The number of ether oxygens (including phenoxy) is 1. The molecule has 30 heavy (non-hydrogen) atoms. The Kier molecular flexibility index (Phi) is 6.10. The zero-order valence-electron chi connectivity index (χ0n) is 17.3. The summed E-state index contributed by atoms with van der Waals surface area (Å²) in [6.07, 6.45) is 1.42. The second kappa shape index (κ2) is 8.73. The van der Waals surface area contributed by atoms with Gasteiger partial charge in [0, 0.05) is 17.6 Å². The number of benzene rings is 1. The fourth-order valence-corrected chi connectivity index (χ4v) is 3.24. The van der Waals surface area contributed by atoms with Crippen LogP contribution in [0.15, 0.2) is 34.2 Å². The van der Waals surface area contributed by atoms with E-state index in [-0.39, 0.29) is 17.9 Å². The lowest BCUT2D eigenvalue weighted by molar-refractivity contribution is 0.0524. The molecule has 0 fully saturated rings. The van der Waals surface area contributed by atoms with Gasteiger partial charge in [-0.25, -0.2) is 14.9 Å². The third-order valence-corrected chi connectivity index (χ3v) is 4.70. The molecule has 9 heteroatoms. The van der Waals surface area contributed by atoms with E-state index in [1.807, 2.05) is 0 Å². The first kappa shape index (κ1) is 21.0. The van der Waals surface area contributed by atoms with Crippen LogP contribution >= 0.6 is 0 Å². The number of hydrogen-bond acceptors (Lipinski definition) is 6. The van der Waals surface area contributed by atoms with Crippen molar-refractivity contribution in [3.63, 3.8) is 0 Å². The van der Waals surface area contributed by atoms with E-state index in [2.05, 4.69) is 20.6 Å². The molecule has 0 saturated carbocycles. The van der Waals surface area contributed by atoms with Crippen molar-refractivity contribution >= 4 is 28.9 Å². The molecule has 0 aliphatic rings. The van der Waals surface area contributed by atoms with Crippen LogP contribution in [0.25, 0.3) is 10.8 Å². The molecule has 0 bridgehead atoms. The second-order valence-electron chi connectivity index (χ2n) is 6.60. The van der Waals surface area contributed by atoms with Crippen molar-refractivity contribution in [2.45, 2.75) is 34.2 Å². The average Bonchev–Trinajstić information content (AvgIpc) is 3.01. The standard InChI is InChI=1S/C21H23N5O4/c1-5-26-20(28)15-10-8-7-9-14(15)18(25-26)19(27)24-22-11-16-12(3)17(13(4)23-16)21(29)30-6-2/h7-11,23H,5-6H2,1-4H3,(H,24,27)/b22-11+. The predicted molar refractivity (Wildman–Crippen MR) is 113 cm³/mol. The fraction of sp³-hybridized carbons (Fsp3) is 0.286. The summed E-state index contributed by atoms with van der Waals surface area (Å²) >= 11 is 0. The van der Waals surface area contributed by atoms with Gasteiger partial charge in [-0.3, -0.25) is 9.59 Å². The maximum absolute atomic E-state index is 12.7. The number of carbonyl (C=O) groups is 2. The summed E-state index contributed by atoms with van der Waals surface area (Å²) in [7, 11) is 0. The Balaban J connectivity index is 1.88. The normalized spacial score (nSPS) is 11.2. The zero-order chi connectivity index (χ0) is 21.8. The van der Waals surface area contributed by atoms with Gasteiger partial charge in [0.15, 0.2) is 5.69 Å². The number of nitrogens with one attached hydrogen (secondary N) is 2. The Morgan fingerprint density at radius 1 is 1.23 bits per heavy atom. The molecule has 1 amide bonds. The van der Waals surface area contributed by atoms with E-state index in [1.54, 1.807) is 52.0 Å². The van der Waals surface area contributed by atoms with Crippen LogP contribution in [0.5, 0.6) is 0 Å². The number of aromatic amines is 1. The molecule has 0 atom stereocenters. The Labute approximate surface area is 172 Å². The van der Waals surface area contributed by atoms with Gasteiger partial charge >= 0.3 is 5.97 Å². The third kappa shape index (κ3) is 3.86. The topological polar surface area (TPSA) is 118 Å². The Hall–Kier alpha value is -3.75. The molecule has 3 rings (SSSR count). The van der Waals surface area contributed by atoms with E-state index < -0.39 is 11.9 Å². The quantitative estimate of drug-likeness (QED) is 0.368. The van der Waals surface area contributed by atoms with Crippen molar-refractivity contribution < 1.29 is 14.3 Å². The highest BCUT2D eigenvalue weighted by molar-refractivity contribution is 6.05. The molecular formula is C21H23N5O4. The van der Waals surface area contributed by atoms with Gasteiger partial charge in [-0.1, -0.05) is 18.2 Å². The average molecular weight is 409 g/mol. The summed E-state index contributed by atoms with van der Waals surface area (Å²) in [5.74, 6) is -0.957. The first-order valence-electron chi connectivity index (χ1n) is 9.58. The molecule has 2 aromatic heterocycles. The number of aromatic nitrogens is 3. The Morgan fingerprint density at radius 2 is 1.93 bits per heavy atom. The first-order valence-corrected chi connectivity index (χ1v) is 9.58. The second-order valence-corrected chi connectivity index (χ2v) is 6.60. The van der Waals surface area contributed by atoms with Gasteiger partial charge in [0.25, 0.3) is 11.5 Å². The molecule has 0 aliphatic carbocycles. The van der Waals surface area contributed by atoms with Gasteiger partial charge in [-0.2, -0.15) is 10.2 Å². The van der Waals surface area contributed by atoms with E-state index in [0.717, 1.165) is 0 Å². The van der Waals surface area contributed by atoms with Crippen LogP contribution in [0.4, 0.5) is 0 Å². The molecule has 0 saturated heterocycles. The van der Waals surface area contributed by atoms with Crippen LogP contribution in [0.1, 0.15) is 51.6 Å². The van der Waals surface area contributed by atoms with Crippen LogP contribution in [0, 0.1) is 13.8 Å². The van der Waals surface area contributed by atoms with Gasteiger partial charge in [-0.15, -0.1) is 0 Å². The number of amides is 1. The molecule has 9 nitrogen and oxygen atoms in total. The van der Waals surface area contributed by atoms with Crippen LogP contribution in [-0.4, -0.2) is 39.5 Å². The van der Waals surface area contributed by atoms with Crippen LogP contribution in [-0.2, 0) is 11.3 Å². The van der Waals surface area contributed by atoms with Crippen molar-refractivity contribution in [1.29, 1.82) is 0 Å². The molecule has 2 N–H and O–H groups in total. The summed E-state index contributed by atoms with van der Waals surface area (Å²) in [5, 5.41) is 9.03. The van der Waals surface area contributed by atoms with Gasteiger partial charge in [0.2, 0.25) is 0 Å². The molecule has 3 aromatic rings. The highest BCUT2D eigenvalue weighted by Gasteiger charge is 2.19. The zero-order valence-corrected chi connectivity index (χ0v) is 17.3. The smallest absolute Gasteiger partial charge is 0.340 e. The number of carbonyl (C=O) groups excluding carboxylic acids is 2. The van der Waals surface area contributed by atoms with E-state index in [1.165, 1.54) is 10.9 Å². The minimum atomic E-state index is -0.545. The number of hydrazone groups is 1. The number of H-pyrrole nitrogens is 1. The first-order chi connectivity index (χ1) is 14.4. The predicted octanol–water partition coefficient (Wildman–Crippen LogP) is 2.30. The molecular weight excluding hydrogens is 386 g/mol. The minimum Gasteiger partial charge on any atom is -0.462 e. The summed E-state index contributed by atoms with van der Waals surface area (Å²) in [5.41, 5.74) is 4.65. The Morgan fingerprint density at radius 3 is 2.60 bits per heavy atom. The van der Waals surface area contributed by atoms with Crippen molar-refractivity contribution in [3.8, 4) is 0 Å². The monoisotopic (exact) mass is 409 g/mol. The number of nitrogens with zero attached hydrogens (tertiary/aromatic N) is 3. The maximum atomic E-state index is 12.7. The van der Waals surface area contributed by atoms with Gasteiger partial charge < -0.3 is 9.72 Å². The number of hydrogen-bond donors (Lipinski definition) is 2. The van der Waals surface area contributed by atoms with Gasteiger partial charge in [0.05, 0.1) is 29.5 Å². The van der Waals surface area contributed by atoms with E-state index in [9.17, 15) is 14.4 Å². The van der Waals surface area contributed by atoms with Gasteiger partial charge in [0.1, 0.15) is 0 Å². The molecule has 156 valence electrons. The lowest BCUT2D eigenvalue weighted by atomic mass is 10.1. The van der Waals surface area contributed by atoms with Crippen molar-refractivity contribution in [1.82, 2.24) is 20.2 Å². The van der Waals surface area contributed by atoms with Crippen molar-refractivity contribution in [2.24, 2.45) is 5.10 Å². The largest absolute Gasteiger partial charge is 0.462 e. The maximum Gasteiger partial charge on any atom is 0.340 e. The summed E-state index contributed by atoms with van der Waals surface area (Å²) in [4.78, 5) is 40.2. The SMILES string of the molecule is CCOC(=O)c1c(C)[nH]c(/C=N/NC(=O)c2nn(CC)c(=O)c3ccccc23)c1C. The number of fused-ring (bicyclic) bond motifs is 1. The molecule has 1 aromatic carbocycles. The van der Waals surface area contributed by atoms with Crippen molar-refractivity contribution in [2.75, 3.05) is 6.61 Å². The molecule has 0 aliphatic heterocycles. The van der Waals surface area contributed by atoms with Crippen LogP contribution in [0.2, 0.25) is 0 Å². The van der Waals surface area contributed by atoms with E-state index in [4.69, 9.17) is 4.74 Å². The van der Waals surface area contributed by atoms with Crippen LogP contribution in [0.3, 0.4) is 0 Å². The van der Waals surface area contributed by atoms with Gasteiger partial charge in [-0.05, 0) is 39.3 Å². The summed E-state index contributed by atoms with van der Waals surface area (Å²) < 4.78 is 6.31. The lowest BCUT2D eigenvalue weighted by Crippen LogP contribution is -2.28. The van der Waals surface area contributed by atoms with E-state index in [0.29, 0.717) is 39.8 Å². The Bertz CT molecular complexity index is 1210.